The molecule has 0 aliphatic carbocycles. The standard InChI is InChI=1S/C25H33N5/c1-4-30(5-2)17-9-10-19(3)27-25-22-18-21(26)14-15-23(22)28-24(29-25)16-13-20-11-7-6-8-12-20/h6-8,11-16,18-19H,4-5,9-10,17,26H2,1-3H3,(H,27,28,29). The van der Waals surface area contributed by atoms with Crippen LogP contribution < -0.4 is 11.1 Å². The molecule has 30 heavy (non-hydrogen) atoms. The molecule has 1 unspecified atom stereocenters. The molecule has 0 aliphatic rings. The van der Waals surface area contributed by atoms with Crippen LogP contribution in [0.4, 0.5) is 11.5 Å². The minimum atomic E-state index is 0.311. The zero-order valence-corrected chi connectivity index (χ0v) is 18.3. The lowest BCUT2D eigenvalue weighted by atomic mass is 10.1. The van der Waals surface area contributed by atoms with Crippen LogP contribution in [0.15, 0.2) is 48.5 Å². The summed E-state index contributed by atoms with van der Waals surface area (Å²) in [5.74, 6) is 1.53. The van der Waals surface area contributed by atoms with Crippen LogP contribution in [0.25, 0.3) is 23.1 Å². The van der Waals surface area contributed by atoms with Gasteiger partial charge < -0.3 is 16.0 Å². The molecule has 0 amide bonds. The van der Waals surface area contributed by atoms with Gasteiger partial charge in [0.15, 0.2) is 5.82 Å². The first-order valence-electron chi connectivity index (χ1n) is 10.9. The summed E-state index contributed by atoms with van der Waals surface area (Å²) in [6.07, 6.45) is 6.23. The van der Waals surface area contributed by atoms with Crippen LogP contribution in [-0.2, 0) is 0 Å². The predicted molar refractivity (Wildman–Crippen MR) is 129 cm³/mol. The van der Waals surface area contributed by atoms with Gasteiger partial charge in [0.1, 0.15) is 5.82 Å². The number of benzene rings is 2. The van der Waals surface area contributed by atoms with E-state index in [1.54, 1.807) is 0 Å². The maximum absolute atomic E-state index is 6.04. The van der Waals surface area contributed by atoms with Gasteiger partial charge in [0, 0.05) is 17.1 Å². The van der Waals surface area contributed by atoms with E-state index in [0.29, 0.717) is 11.9 Å². The summed E-state index contributed by atoms with van der Waals surface area (Å²) >= 11 is 0. The second kappa shape index (κ2) is 10.7. The van der Waals surface area contributed by atoms with Crippen molar-refractivity contribution in [3.63, 3.8) is 0 Å². The molecule has 0 spiro atoms. The third-order valence-electron chi connectivity index (χ3n) is 5.35. The molecule has 1 heterocycles. The normalized spacial score (nSPS) is 12.7. The minimum absolute atomic E-state index is 0.311. The summed E-state index contributed by atoms with van der Waals surface area (Å²) < 4.78 is 0. The summed E-state index contributed by atoms with van der Waals surface area (Å²) in [6.45, 7) is 9.97. The summed E-state index contributed by atoms with van der Waals surface area (Å²) in [6, 6.07) is 16.3. The molecule has 1 atom stereocenters. The van der Waals surface area contributed by atoms with Crippen LogP contribution in [0.1, 0.15) is 45.0 Å². The highest BCUT2D eigenvalue weighted by atomic mass is 15.1. The molecule has 1 aromatic heterocycles. The van der Waals surface area contributed by atoms with E-state index in [4.69, 9.17) is 15.7 Å². The van der Waals surface area contributed by atoms with Crippen molar-refractivity contribution in [3.8, 4) is 0 Å². The molecule has 158 valence electrons. The maximum atomic E-state index is 6.04. The van der Waals surface area contributed by atoms with Gasteiger partial charge in [0.2, 0.25) is 0 Å². The monoisotopic (exact) mass is 403 g/mol. The molecular weight excluding hydrogens is 370 g/mol. The predicted octanol–water partition coefficient (Wildman–Crippen LogP) is 5.30. The molecule has 3 aromatic rings. The largest absolute Gasteiger partial charge is 0.399 e. The molecule has 0 saturated carbocycles. The molecular formula is C25H33N5. The van der Waals surface area contributed by atoms with E-state index in [9.17, 15) is 0 Å². The molecule has 0 radical (unpaired) electrons. The van der Waals surface area contributed by atoms with Gasteiger partial charge in [0.05, 0.1) is 5.52 Å². The fraction of sp³-hybridized carbons (Fsp3) is 0.360. The van der Waals surface area contributed by atoms with Gasteiger partial charge in [-0.2, -0.15) is 0 Å². The number of fused-ring (bicyclic) bond motifs is 1. The lowest BCUT2D eigenvalue weighted by molar-refractivity contribution is 0.295. The lowest BCUT2D eigenvalue weighted by Gasteiger charge is -2.20. The summed E-state index contributed by atoms with van der Waals surface area (Å²) in [4.78, 5) is 12.0. The third kappa shape index (κ3) is 6.04. The van der Waals surface area contributed by atoms with Gasteiger partial charge in [-0.3, -0.25) is 0 Å². The summed E-state index contributed by atoms with van der Waals surface area (Å²) in [5.41, 5.74) is 8.77. The van der Waals surface area contributed by atoms with E-state index in [2.05, 4.69) is 43.1 Å². The SMILES string of the molecule is CCN(CC)CCCC(C)Nc1nc(C=Cc2ccccc2)nc2ccc(N)cc12. The van der Waals surface area contributed by atoms with Gasteiger partial charge in [-0.25, -0.2) is 9.97 Å². The van der Waals surface area contributed by atoms with Crippen molar-refractivity contribution in [1.82, 2.24) is 14.9 Å². The van der Waals surface area contributed by atoms with E-state index >= 15 is 0 Å². The molecule has 0 aliphatic heterocycles. The highest BCUT2D eigenvalue weighted by Gasteiger charge is 2.11. The van der Waals surface area contributed by atoms with Crippen LogP contribution in [0.2, 0.25) is 0 Å². The van der Waals surface area contributed by atoms with Crippen molar-refractivity contribution < 1.29 is 0 Å². The highest BCUT2D eigenvalue weighted by molar-refractivity contribution is 5.92. The average Bonchev–Trinajstić information content (AvgIpc) is 2.76. The number of rotatable bonds is 10. The van der Waals surface area contributed by atoms with E-state index in [-0.39, 0.29) is 0 Å². The maximum Gasteiger partial charge on any atom is 0.154 e. The van der Waals surface area contributed by atoms with Crippen LogP contribution in [0, 0.1) is 0 Å². The van der Waals surface area contributed by atoms with E-state index < -0.39 is 0 Å². The summed E-state index contributed by atoms with van der Waals surface area (Å²) in [5, 5.41) is 4.56. The Bertz CT molecular complexity index is 964. The topological polar surface area (TPSA) is 67.1 Å². The number of nitrogens with one attached hydrogen (secondary N) is 1. The number of nitrogen functional groups attached to an aromatic ring is 1. The van der Waals surface area contributed by atoms with Crippen LogP contribution in [0.3, 0.4) is 0 Å². The number of aromatic nitrogens is 2. The number of anilines is 2. The fourth-order valence-corrected chi connectivity index (χ4v) is 3.55. The van der Waals surface area contributed by atoms with Gasteiger partial charge in [0.25, 0.3) is 0 Å². The number of nitrogens with zero attached hydrogens (tertiary/aromatic N) is 3. The number of hydrogen-bond donors (Lipinski definition) is 2. The number of hydrogen-bond acceptors (Lipinski definition) is 5. The zero-order chi connectivity index (χ0) is 21.3. The first-order valence-corrected chi connectivity index (χ1v) is 10.9. The van der Waals surface area contributed by atoms with Crippen molar-refractivity contribution in [2.45, 2.75) is 39.7 Å². The Morgan fingerprint density at radius 2 is 1.80 bits per heavy atom. The Morgan fingerprint density at radius 3 is 2.53 bits per heavy atom. The second-order valence-corrected chi connectivity index (χ2v) is 7.67. The molecule has 0 bridgehead atoms. The van der Waals surface area contributed by atoms with Crippen LogP contribution in [0.5, 0.6) is 0 Å². The summed E-state index contributed by atoms with van der Waals surface area (Å²) in [7, 11) is 0. The van der Waals surface area contributed by atoms with Gasteiger partial charge >= 0.3 is 0 Å². The van der Waals surface area contributed by atoms with Crippen LogP contribution in [-0.4, -0.2) is 40.5 Å². The van der Waals surface area contributed by atoms with Crippen molar-refractivity contribution in [1.29, 1.82) is 0 Å². The van der Waals surface area contributed by atoms with Crippen LogP contribution >= 0.6 is 0 Å². The van der Waals surface area contributed by atoms with Crippen molar-refractivity contribution in [2.75, 3.05) is 30.7 Å². The molecule has 5 heteroatoms. The molecule has 3 rings (SSSR count). The Balaban J connectivity index is 1.79. The van der Waals surface area contributed by atoms with Crippen molar-refractivity contribution in [2.24, 2.45) is 0 Å². The second-order valence-electron chi connectivity index (χ2n) is 7.67. The third-order valence-corrected chi connectivity index (χ3v) is 5.35. The molecule has 2 aromatic carbocycles. The first kappa shape index (κ1) is 21.8. The molecule has 0 fully saturated rings. The van der Waals surface area contributed by atoms with E-state index in [1.807, 2.05) is 48.6 Å². The molecule has 5 nitrogen and oxygen atoms in total. The fourth-order valence-electron chi connectivity index (χ4n) is 3.55. The lowest BCUT2D eigenvalue weighted by Crippen LogP contribution is -2.25. The van der Waals surface area contributed by atoms with Crippen molar-refractivity contribution >= 4 is 34.6 Å². The number of nitrogens with two attached hydrogens (primary N) is 1. The Hall–Kier alpha value is -2.92. The van der Waals surface area contributed by atoms with E-state index in [0.717, 1.165) is 60.4 Å². The van der Waals surface area contributed by atoms with Gasteiger partial charge in [-0.15, -0.1) is 0 Å². The van der Waals surface area contributed by atoms with Gasteiger partial charge in [-0.1, -0.05) is 50.3 Å². The first-order chi connectivity index (χ1) is 14.6. The average molecular weight is 404 g/mol. The Morgan fingerprint density at radius 1 is 1.03 bits per heavy atom. The highest BCUT2D eigenvalue weighted by Crippen LogP contribution is 2.24. The zero-order valence-electron chi connectivity index (χ0n) is 18.3. The Kier molecular flexibility index (Phi) is 7.80. The Labute approximate surface area is 180 Å². The van der Waals surface area contributed by atoms with Gasteiger partial charge in [-0.05, 0) is 69.2 Å². The van der Waals surface area contributed by atoms with Crippen molar-refractivity contribution in [3.05, 3.63) is 59.9 Å². The molecule has 0 saturated heterocycles. The minimum Gasteiger partial charge on any atom is -0.399 e. The van der Waals surface area contributed by atoms with E-state index in [1.165, 1.54) is 0 Å². The molecule has 3 N–H and O–H groups in total. The quantitative estimate of drug-likeness (QED) is 0.449. The smallest absolute Gasteiger partial charge is 0.154 e.